The van der Waals surface area contributed by atoms with Crippen molar-refractivity contribution in [2.24, 2.45) is 22.6 Å². The lowest BCUT2D eigenvalue weighted by Crippen LogP contribution is -2.48. The van der Waals surface area contributed by atoms with Gasteiger partial charge in [-0.05, 0) is 76.1 Å². The number of likely N-dealkylation sites (tertiary alicyclic amines) is 2. The van der Waals surface area contributed by atoms with Crippen LogP contribution < -0.4 is 11.1 Å². The summed E-state index contributed by atoms with van der Waals surface area (Å²) in [7, 11) is 0. The lowest BCUT2D eigenvalue weighted by Gasteiger charge is -2.40. The van der Waals surface area contributed by atoms with Crippen molar-refractivity contribution in [1.82, 2.24) is 15.1 Å². The molecule has 0 radical (unpaired) electrons. The van der Waals surface area contributed by atoms with Crippen molar-refractivity contribution < 1.29 is 4.79 Å². The summed E-state index contributed by atoms with van der Waals surface area (Å²) < 4.78 is 0. The number of nitrogens with zero attached hydrogens (tertiary/aromatic N) is 3. The zero-order valence-electron chi connectivity index (χ0n) is 20.5. The molecular formula is C26H44IN5O. The van der Waals surface area contributed by atoms with Gasteiger partial charge in [-0.2, -0.15) is 0 Å². The van der Waals surface area contributed by atoms with E-state index in [0.29, 0.717) is 11.8 Å². The first-order valence-electron chi connectivity index (χ1n) is 12.7. The number of aliphatic imine (C=N–C) groups is 1. The van der Waals surface area contributed by atoms with Crippen LogP contribution in [0.2, 0.25) is 0 Å². The lowest BCUT2D eigenvalue weighted by atomic mass is 9.79. The highest BCUT2D eigenvalue weighted by atomic mass is 127. The summed E-state index contributed by atoms with van der Waals surface area (Å²) in [5.74, 6) is 2.35. The second-order valence-corrected chi connectivity index (χ2v) is 9.38. The van der Waals surface area contributed by atoms with Gasteiger partial charge in [0.15, 0.2) is 5.96 Å². The van der Waals surface area contributed by atoms with Gasteiger partial charge in [-0.15, -0.1) is 24.0 Å². The zero-order chi connectivity index (χ0) is 22.8. The fourth-order valence-electron chi connectivity index (χ4n) is 5.28. The van der Waals surface area contributed by atoms with Crippen molar-refractivity contribution in [3.8, 4) is 0 Å². The molecular weight excluding hydrogens is 525 g/mol. The van der Waals surface area contributed by atoms with Crippen molar-refractivity contribution in [3.63, 3.8) is 0 Å². The smallest absolute Gasteiger partial charge is 0.220 e. The first-order chi connectivity index (χ1) is 15.6. The fraction of sp³-hybridized carbons (Fsp3) is 0.692. The number of nitrogens with one attached hydrogen (secondary N) is 1. The first kappa shape index (κ1) is 27.9. The van der Waals surface area contributed by atoms with Gasteiger partial charge >= 0.3 is 0 Å². The van der Waals surface area contributed by atoms with Crippen molar-refractivity contribution in [2.75, 3.05) is 45.8 Å². The number of hydrogen-bond donors (Lipinski definition) is 2. The van der Waals surface area contributed by atoms with Crippen molar-refractivity contribution in [1.29, 1.82) is 0 Å². The van der Waals surface area contributed by atoms with Gasteiger partial charge in [-0.1, -0.05) is 43.7 Å². The minimum Gasteiger partial charge on any atom is -0.369 e. The van der Waals surface area contributed by atoms with Gasteiger partial charge in [0.05, 0.1) is 0 Å². The van der Waals surface area contributed by atoms with Crippen LogP contribution in [-0.2, 0) is 4.79 Å². The Morgan fingerprint density at radius 2 is 1.82 bits per heavy atom. The Hall–Kier alpha value is -1.35. The number of primary amides is 1. The summed E-state index contributed by atoms with van der Waals surface area (Å²) in [6.07, 6.45) is 6.46. The summed E-state index contributed by atoms with van der Waals surface area (Å²) in [6.45, 7) is 11.5. The number of halogens is 1. The normalized spacial score (nSPS) is 22.6. The largest absolute Gasteiger partial charge is 0.369 e. The molecule has 2 fully saturated rings. The summed E-state index contributed by atoms with van der Waals surface area (Å²) in [5, 5.41) is 3.53. The maximum atomic E-state index is 11.3. The predicted molar refractivity (Wildman–Crippen MR) is 148 cm³/mol. The van der Waals surface area contributed by atoms with E-state index in [9.17, 15) is 4.79 Å². The Kier molecular flexibility index (Phi) is 12.5. The second kappa shape index (κ2) is 14.8. The molecule has 0 aliphatic carbocycles. The molecule has 3 rings (SSSR count). The molecule has 7 heteroatoms. The Bertz CT molecular complexity index is 721. The minimum atomic E-state index is -0.131. The molecule has 1 aromatic carbocycles. The van der Waals surface area contributed by atoms with Gasteiger partial charge in [0.25, 0.3) is 0 Å². The van der Waals surface area contributed by atoms with E-state index < -0.39 is 0 Å². The van der Waals surface area contributed by atoms with E-state index in [2.05, 4.69) is 59.3 Å². The molecule has 1 aromatic rings. The number of piperidine rings is 2. The van der Waals surface area contributed by atoms with Crippen LogP contribution in [0.15, 0.2) is 35.3 Å². The summed E-state index contributed by atoms with van der Waals surface area (Å²) in [5.41, 5.74) is 6.93. The third-order valence-corrected chi connectivity index (χ3v) is 7.25. The molecule has 2 aliphatic heterocycles. The number of guanidine groups is 1. The second-order valence-electron chi connectivity index (χ2n) is 9.38. The average Bonchev–Trinajstić information content (AvgIpc) is 2.83. The molecule has 2 atom stereocenters. The number of rotatable bonds is 9. The van der Waals surface area contributed by atoms with Crippen LogP contribution in [0.25, 0.3) is 0 Å². The highest BCUT2D eigenvalue weighted by molar-refractivity contribution is 14.0. The standard InChI is InChI=1S/C26H43N5O.HI/c1-3-21-20-31(19-14-24(21)22-10-6-5-7-11-22)26(28-4-2)29-15-8-9-16-30-17-12-23(13-18-30)25(27)32;/h5-7,10-11,21,23-24H,3-4,8-9,12-20H2,1-2H3,(H2,27,32)(H,28,29);1H. The van der Waals surface area contributed by atoms with Crippen LogP contribution in [0.1, 0.15) is 63.9 Å². The molecule has 1 amide bonds. The molecule has 0 spiro atoms. The van der Waals surface area contributed by atoms with Crippen LogP contribution in [0.3, 0.4) is 0 Å². The van der Waals surface area contributed by atoms with Crippen LogP contribution in [0.5, 0.6) is 0 Å². The van der Waals surface area contributed by atoms with E-state index in [0.717, 1.165) is 77.5 Å². The first-order valence-corrected chi connectivity index (χ1v) is 12.7. The Morgan fingerprint density at radius 1 is 1.09 bits per heavy atom. The molecule has 2 unspecified atom stereocenters. The third-order valence-electron chi connectivity index (χ3n) is 7.25. The summed E-state index contributed by atoms with van der Waals surface area (Å²) in [4.78, 5) is 21.2. The van der Waals surface area contributed by atoms with Crippen molar-refractivity contribution >= 4 is 35.8 Å². The summed E-state index contributed by atoms with van der Waals surface area (Å²) in [6, 6.07) is 11.0. The molecule has 2 saturated heterocycles. The Balaban J connectivity index is 0.00000385. The molecule has 3 N–H and O–H groups in total. The van der Waals surface area contributed by atoms with Crippen molar-refractivity contribution in [3.05, 3.63) is 35.9 Å². The van der Waals surface area contributed by atoms with Crippen molar-refractivity contribution in [2.45, 2.75) is 58.3 Å². The van der Waals surface area contributed by atoms with E-state index >= 15 is 0 Å². The van der Waals surface area contributed by atoms with Gasteiger partial charge in [-0.25, -0.2) is 0 Å². The maximum absolute atomic E-state index is 11.3. The monoisotopic (exact) mass is 569 g/mol. The number of amides is 1. The van der Waals surface area contributed by atoms with Gasteiger partial charge < -0.3 is 20.9 Å². The van der Waals surface area contributed by atoms with Gasteiger partial charge in [0.2, 0.25) is 5.91 Å². The number of benzene rings is 1. The van der Waals surface area contributed by atoms with E-state index in [1.54, 1.807) is 0 Å². The maximum Gasteiger partial charge on any atom is 0.220 e. The average molecular weight is 570 g/mol. The zero-order valence-corrected chi connectivity index (χ0v) is 22.9. The molecule has 6 nitrogen and oxygen atoms in total. The molecule has 33 heavy (non-hydrogen) atoms. The third kappa shape index (κ3) is 8.42. The quantitative estimate of drug-likeness (QED) is 0.204. The van der Waals surface area contributed by atoms with E-state index in [1.165, 1.54) is 18.4 Å². The van der Waals surface area contributed by atoms with Gasteiger partial charge in [0.1, 0.15) is 0 Å². The summed E-state index contributed by atoms with van der Waals surface area (Å²) >= 11 is 0. The topological polar surface area (TPSA) is 74.0 Å². The highest BCUT2D eigenvalue weighted by Crippen LogP contribution is 2.34. The SMILES string of the molecule is CCNC(=NCCCCN1CCC(C(N)=O)CC1)N1CCC(c2ccccc2)C(CC)C1.I. The lowest BCUT2D eigenvalue weighted by molar-refractivity contribution is -0.123. The van der Waals surface area contributed by atoms with Crippen LogP contribution in [0.4, 0.5) is 0 Å². The highest BCUT2D eigenvalue weighted by Gasteiger charge is 2.30. The Morgan fingerprint density at radius 3 is 2.45 bits per heavy atom. The number of nitrogens with two attached hydrogens (primary N) is 1. The van der Waals surface area contributed by atoms with Crippen LogP contribution in [-0.4, -0.2) is 67.5 Å². The van der Waals surface area contributed by atoms with E-state index in [1.807, 2.05) is 0 Å². The molecule has 0 aromatic heterocycles. The fourth-order valence-corrected chi connectivity index (χ4v) is 5.28. The number of carbonyl (C=O) groups excluding carboxylic acids is 1. The van der Waals surface area contributed by atoms with Gasteiger partial charge in [0, 0.05) is 32.1 Å². The number of hydrogen-bond acceptors (Lipinski definition) is 3. The number of carbonyl (C=O) groups is 1. The molecule has 0 saturated carbocycles. The minimum absolute atomic E-state index is 0. The van der Waals surface area contributed by atoms with E-state index in [-0.39, 0.29) is 35.8 Å². The van der Waals surface area contributed by atoms with E-state index in [4.69, 9.17) is 10.7 Å². The molecule has 0 bridgehead atoms. The van der Waals surface area contributed by atoms with Crippen LogP contribution >= 0.6 is 24.0 Å². The molecule has 2 aliphatic rings. The molecule has 2 heterocycles. The Labute approximate surface area is 217 Å². The predicted octanol–water partition coefficient (Wildman–Crippen LogP) is 4.06. The van der Waals surface area contributed by atoms with Crippen LogP contribution in [0, 0.1) is 11.8 Å². The molecule has 186 valence electrons. The van der Waals surface area contributed by atoms with Gasteiger partial charge in [-0.3, -0.25) is 9.79 Å². The number of unbranched alkanes of at least 4 members (excludes halogenated alkanes) is 1.